The van der Waals surface area contributed by atoms with Crippen LogP contribution >= 0.6 is 0 Å². The van der Waals surface area contributed by atoms with Crippen LogP contribution in [0.25, 0.3) is 33.2 Å². The Morgan fingerprint density at radius 3 is 2.28 bits per heavy atom. The van der Waals surface area contributed by atoms with Crippen molar-refractivity contribution in [3.8, 4) is 11.3 Å². The van der Waals surface area contributed by atoms with E-state index < -0.39 is 24.4 Å². The van der Waals surface area contributed by atoms with Crippen molar-refractivity contribution in [3.63, 3.8) is 0 Å². The van der Waals surface area contributed by atoms with Crippen molar-refractivity contribution >= 4 is 39.7 Å². The van der Waals surface area contributed by atoms with Gasteiger partial charge in [-0.05, 0) is 42.5 Å². The minimum atomic E-state index is -0.657. The standard InChI is InChI=1S/C37H28N4O6/c42-34-33(38-29-15-7-8-16-30(29)39-34)28-21-40(31-17-9-6-12-25(28)31)32-19-23(47-37(45)22-10-2-1-3-11-22)18-24(46-32)20-41-35(43)26-13-4-5-14-27(26)36(41)44/h1-17,21,23-24,32H,18-20H2,(H,39,42)/t23-,24+,32+/m1/s1. The molecule has 0 spiro atoms. The summed E-state index contributed by atoms with van der Waals surface area (Å²) >= 11 is 0. The van der Waals surface area contributed by atoms with E-state index in [1.54, 1.807) is 54.6 Å². The first kappa shape index (κ1) is 28.6. The number of hydrogen-bond donors (Lipinski definition) is 1. The van der Waals surface area contributed by atoms with Gasteiger partial charge in [-0.1, -0.05) is 60.7 Å². The van der Waals surface area contributed by atoms with Crippen LogP contribution < -0.4 is 5.56 Å². The molecule has 1 fully saturated rings. The Kier molecular flexibility index (Phi) is 6.99. The molecular formula is C37H28N4O6. The lowest BCUT2D eigenvalue weighted by Gasteiger charge is -2.37. The van der Waals surface area contributed by atoms with Crippen LogP contribution in [0.15, 0.2) is 114 Å². The van der Waals surface area contributed by atoms with Gasteiger partial charge in [-0.2, -0.15) is 0 Å². The van der Waals surface area contributed by atoms with Crippen LogP contribution in [0.1, 0.15) is 50.1 Å². The maximum atomic E-state index is 13.3. The molecule has 47 heavy (non-hydrogen) atoms. The summed E-state index contributed by atoms with van der Waals surface area (Å²) in [6.45, 7) is -0.0137. The molecule has 8 rings (SSSR count). The number of rotatable bonds is 6. The highest BCUT2D eigenvalue weighted by Gasteiger charge is 2.40. The van der Waals surface area contributed by atoms with Crippen molar-refractivity contribution in [1.29, 1.82) is 0 Å². The molecule has 10 nitrogen and oxygen atoms in total. The van der Waals surface area contributed by atoms with Crippen molar-refractivity contribution in [2.24, 2.45) is 0 Å². The molecule has 0 aliphatic carbocycles. The highest BCUT2D eigenvalue weighted by atomic mass is 16.6. The van der Waals surface area contributed by atoms with E-state index >= 15 is 0 Å². The average molecular weight is 625 g/mol. The number of carbonyl (C=O) groups is 3. The van der Waals surface area contributed by atoms with E-state index in [0.717, 1.165) is 10.9 Å². The second-order valence-electron chi connectivity index (χ2n) is 11.7. The molecule has 2 aromatic heterocycles. The number of imide groups is 1. The lowest BCUT2D eigenvalue weighted by atomic mass is 10.0. The second kappa shape index (κ2) is 11.5. The average Bonchev–Trinajstić information content (AvgIpc) is 3.60. The first-order valence-corrected chi connectivity index (χ1v) is 15.4. The first-order chi connectivity index (χ1) is 22.9. The van der Waals surface area contributed by atoms with Crippen LogP contribution in [0.4, 0.5) is 0 Å². The molecule has 4 aromatic carbocycles. The molecule has 4 heterocycles. The predicted octanol–water partition coefficient (Wildman–Crippen LogP) is 5.74. The number of ether oxygens (including phenoxy) is 2. The fraction of sp³-hybridized carbons (Fsp3) is 0.162. The van der Waals surface area contributed by atoms with Gasteiger partial charge in [-0.15, -0.1) is 0 Å². The fourth-order valence-corrected chi connectivity index (χ4v) is 6.59. The highest BCUT2D eigenvalue weighted by molar-refractivity contribution is 6.21. The van der Waals surface area contributed by atoms with E-state index in [0.29, 0.717) is 39.7 Å². The van der Waals surface area contributed by atoms with Crippen molar-refractivity contribution in [2.75, 3.05) is 6.54 Å². The normalized spacial score (nSPS) is 19.3. The van der Waals surface area contributed by atoms with E-state index in [-0.39, 0.29) is 36.0 Å². The summed E-state index contributed by atoms with van der Waals surface area (Å²) < 4.78 is 14.6. The molecule has 1 N–H and O–H groups in total. The lowest BCUT2D eigenvalue weighted by molar-refractivity contribution is -0.132. The minimum absolute atomic E-state index is 0.0137. The van der Waals surface area contributed by atoms with E-state index in [9.17, 15) is 19.2 Å². The van der Waals surface area contributed by atoms with Gasteiger partial charge in [-0.25, -0.2) is 9.78 Å². The summed E-state index contributed by atoms with van der Waals surface area (Å²) in [5.41, 5.74) is 3.77. The van der Waals surface area contributed by atoms with E-state index in [2.05, 4.69) is 4.98 Å². The Morgan fingerprint density at radius 2 is 1.49 bits per heavy atom. The molecule has 2 amide bonds. The van der Waals surface area contributed by atoms with Gasteiger partial charge in [0.25, 0.3) is 17.4 Å². The number of H-pyrrole nitrogens is 1. The smallest absolute Gasteiger partial charge is 0.338 e. The van der Waals surface area contributed by atoms with Gasteiger partial charge in [0, 0.05) is 30.0 Å². The molecular weight excluding hydrogens is 596 g/mol. The summed E-state index contributed by atoms with van der Waals surface area (Å²) in [5.74, 6) is -1.24. The zero-order valence-electron chi connectivity index (χ0n) is 25.0. The molecule has 6 aromatic rings. The van der Waals surface area contributed by atoms with Crippen LogP contribution in [0.5, 0.6) is 0 Å². The van der Waals surface area contributed by atoms with Crippen LogP contribution in [0, 0.1) is 0 Å². The number of carbonyl (C=O) groups excluding carboxylic acids is 3. The van der Waals surface area contributed by atoms with Crippen molar-refractivity contribution < 1.29 is 23.9 Å². The number of benzene rings is 4. The molecule has 10 heteroatoms. The number of aromatic amines is 1. The molecule has 0 unspecified atom stereocenters. The van der Waals surface area contributed by atoms with Crippen LogP contribution in [0.2, 0.25) is 0 Å². The number of fused-ring (bicyclic) bond motifs is 3. The zero-order chi connectivity index (χ0) is 32.1. The molecule has 0 radical (unpaired) electrons. The molecule has 3 atom stereocenters. The van der Waals surface area contributed by atoms with E-state index in [1.807, 2.05) is 59.3 Å². The van der Waals surface area contributed by atoms with Gasteiger partial charge >= 0.3 is 5.97 Å². The molecule has 0 bridgehead atoms. The summed E-state index contributed by atoms with van der Waals surface area (Å²) in [6.07, 6.45) is 0.528. The third-order valence-electron chi connectivity index (χ3n) is 8.79. The second-order valence-corrected chi connectivity index (χ2v) is 11.7. The van der Waals surface area contributed by atoms with E-state index in [4.69, 9.17) is 14.5 Å². The van der Waals surface area contributed by atoms with Crippen molar-refractivity contribution in [1.82, 2.24) is 19.4 Å². The zero-order valence-corrected chi connectivity index (χ0v) is 25.0. The highest BCUT2D eigenvalue weighted by Crippen LogP contribution is 2.37. The van der Waals surface area contributed by atoms with Gasteiger partial charge in [-0.3, -0.25) is 19.3 Å². The fourth-order valence-electron chi connectivity index (χ4n) is 6.59. The van der Waals surface area contributed by atoms with Crippen molar-refractivity contribution in [2.45, 2.75) is 31.3 Å². The summed E-state index contributed by atoms with van der Waals surface area (Å²) in [6, 6.07) is 30.5. The maximum Gasteiger partial charge on any atom is 0.338 e. The molecule has 1 saturated heterocycles. The van der Waals surface area contributed by atoms with Gasteiger partial charge < -0.3 is 19.0 Å². The SMILES string of the molecule is O=C(O[C@@H]1C[C@@H](CN2C(=O)c3ccccc3C2=O)O[C@H](n2cc(-c3nc4ccccc4[nH]c3=O)c3ccccc32)C1)c1ccccc1. The number of amides is 2. The number of aromatic nitrogens is 3. The number of nitrogens with one attached hydrogen (secondary N) is 1. The topological polar surface area (TPSA) is 124 Å². The summed E-state index contributed by atoms with van der Waals surface area (Å²) in [5, 5.41) is 0.796. The first-order valence-electron chi connectivity index (χ1n) is 15.4. The Balaban J connectivity index is 1.17. The Bertz CT molecular complexity index is 2220. The number of nitrogens with zero attached hydrogens (tertiary/aromatic N) is 3. The Labute approximate surface area is 268 Å². The van der Waals surface area contributed by atoms with Gasteiger partial charge in [0.15, 0.2) is 0 Å². The number of hydrogen-bond acceptors (Lipinski definition) is 7. The summed E-state index contributed by atoms with van der Waals surface area (Å²) in [4.78, 5) is 61.8. The predicted molar refractivity (Wildman–Crippen MR) is 174 cm³/mol. The van der Waals surface area contributed by atoms with Gasteiger partial charge in [0.2, 0.25) is 0 Å². The quantitative estimate of drug-likeness (QED) is 0.185. The van der Waals surface area contributed by atoms with E-state index in [1.165, 1.54) is 4.90 Å². The van der Waals surface area contributed by atoms with Crippen LogP contribution in [-0.2, 0) is 9.47 Å². The van der Waals surface area contributed by atoms with Crippen LogP contribution in [-0.4, -0.2) is 56.0 Å². The molecule has 2 aliphatic heterocycles. The molecule has 0 saturated carbocycles. The Hall–Kier alpha value is -5.87. The van der Waals surface area contributed by atoms with Crippen LogP contribution in [0.3, 0.4) is 0 Å². The largest absolute Gasteiger partial charge is 0.458 e. The van der Waals surface area contributed by atoms with Gasteiger partial charge in [0.1, 0.15) is 18.0 Å². The molecule has 232 valence electrons. The monoisotopic (exact) mass is 624 g/mol. The Morgan fingerprint density at radius 1 is 0.809 bits per heavy atom. The van der Waals surface area contributed by atoms with Gasteiger partial charge in [0.05, 0.1) is 45.9 Å². The maximum absolute atomic E-state index is 13.3. The van der Waals surface area contributed by atoms with Crippen molar-refractivity contribution in [3.05, 3.63) is 136 Å². The lowest BCUT2D eigenvalue weighted by Crippen LogP contribution is -2.44. The third kappa shape index (κ3) is 5.08. The number of esters is 1. The number of para-hydroxylation sites is 3. The third-order valence-corrected chi connectivity index (χ3v) is 8.79. The molecule has 2 aliphatic rings. The minimum Gasteiger partial charge on any atom is -0.458 e. The summed E-state index contributed by atoms with van der Waals surface area (Å²) in [7, 11) is 0.